The standard InChI is InChI=1S/C19H19N3O2/c1-3-22-17(13-14(2)21-22)19(23)20-16-11-7-8-12-18(16)24-15-9-5-4-6-10-15/h4-13H,3H2,1-2H3,(H,20,23). The van der Waals surface area contributed by atoms with Crippen molar-refractivity contribution in [2.24, 2.45) is 0 Å². The van der Waals surface area contributed by atoms with Gasteiger partial charge in [-0.05, 0) is 44.2 Å². The summed E-state index contributed by atoms with van der Waals surface area (Å²) in [6, 6.07) is 18.6. The molecule has 3 rings (SSSR count). The van der Waals surface area contributed by atoms with Crippen LogP contribution in [0.1, 0.15) is 23.1 Å². The van der Waals surface area contributed by atoms with Crippen molar-refractivity contribution in [2.75, 3.05) is 5.32 Å². The van der Waals surface area contributed by atoms with Gasteiger partial charge in [0, 0.05) is 6.54 Å². The van der Waals surface area contributed by atoms with Gasteiger partial charge in [0.1, 0.15) is 11.4 Å². The molecule has 2 aromatic carbocycles. The lowest BCUT2D eigenvalue weighted by Crippen LogP contribution is -2.17. The maximum Gasteiger partial charge on any atom is 0.274 e. The van der Waals surface area contributed by atoms with Gasteiger partial charge in [-0.3, -0.25) is 9.48 Å². The van der Waals surface area contributed by atoms with E-state index in [2.05, 4.69) is 10.4 Å². The molecule has 0 atom stereocenters. The number of nitrogens with zero attached hydrogens (tertiary/aromatic N) is 2. The Morgan fingerprint density at radius 3 is 2.58 bits per heavy atom. The fraction of sp³-hybridized carbons (Fsp3) is 0.158. The minimum atomic E-state index is -0.207. The SMILES string of the molecule is CCn1nc(C)cc1C(=O)Nc1ccccc1Oc1ccccc1. The van der Waals surface area contributed by atoms with Crippen LogP contribution < -0.4 is 10.1 Å². The van der Waals surface area contributed by atoms with Gasteiger partial charge in [0.15, 0.2) is 5.75 Å². The number of hydrogen-bond donors (Lipinski definition) is 1. The normalized spacial score (nSPS) is 10.4. The summed E-state index contributed by atoms with van der Waals surface area (Å²) in [5.74, 6) is 1.10. The number of benzene rings is 2. The van der Waals surface area contributed by atoms with Crippen LogP contribution >= 0.6 is 0 Å². The van der Waals surface area contributed by atoms with E-state index in [1.807, 2.05) is 68.4 Å². The van der Waals surface area contributed by atoms with Gasteiger partial charge in [-0.15, -0.1) is 0 Å². The summed E-state index contributed by atoms with van der Waals surface area (Å²) in [5, 5.41) is 7.22. The van der Waals surface area contributed by atoms with E-state index in [1.165, 1.54) is 0 Å². The molecule has 0 unspecified atom stereocenters. The number of carbonyl (C=O) groups excluding carboxylic acids is 1. The van der Waals surface area contributed by atoms with Crippen molar-refractivity contribution in [3.63, 3.8) is 0 Å². The summed E-state index contributed by atoms with van der Waals surface area (Å²) in [5.41, 5.74) is 1.97. The number of ether oxygens (including phenoxy) is 1. The number of carbonyl (C=O) groups is 1. The molecule has 0 aliphatic heterocycles. The lowest BCUT2D eigenvalue weighted by Gasteiger charge is -2.12. The van der Waals surface area contributed by atoms with Crippen LogP contribution in [-0.2, 0) is 6.54 Å². The zero-order valence-electron chi connectivity index (χ0n) is 13.7. The molecule has 0 fully saturated rings. The van der Waals surface area contributed by atoms with E-state index in [0.717, 1.165) is 5.69 Å². The van der Waals surface area contributed by atoms with E-state index < -0.39 is 0 Å². The Kier molecular flexibility index (Phi) is 4.61. The van der Waals surface area contributed by atoms with Crippen molar-refractivity contribution in [1.82, 2.24) is 9.78 Å². The minimum Gasteiger partial charge on any atom is -0.455 e. The lowest BCUT2D eigenvalue weighted by molar-refractivity contribution is 0.101. The Morgan fingerprint density at radius 2 is 1.83 bits per heavy atom. The van der Waals surface area contributed by atoms with Crippen molar-refractivity contribution >= 4 is 11.6 Å². The quantitative estimate of drug-likeness (QED) is 0.764. The fourth-order valence-electron chi connectivity index (χ4n) is 2.43. The summed E-state index contributed by atoms with van der Waals surface area (Å²) < 4.78 is 7.56. The maximum absolute atomic E-state index is 12.6. The van der Waals surface area contributed by atoms with Gasteiger partial charge in [-0.1, -0.05) is 30.3 Å². The zero-order valence-corrected chi connectivity index (χ0v) is 13.7. The second-order valence-electron chi connectivity index (χ2n) is 5.35. The molecule has 5 nitrogen and oxygen atoms in total. The molecule has 5 heteroatoms. The van der Waals surface area contributed by atoms with Crippen LogP contribution in [0.25, 0.3) is 0 Å². The van der Waals surface area contributed by atoms with Crippen LogP contribution in [0.5, 0.6) is 11.5 Å². The molecule has 1 amide bonds. The summed E-state index contributed by atoms with van der Waals surface area (Å²) in [6.07, 6.45) is 0. The van der Waals surface area contributed by atoms with Crippen LogP contribution in [0.15, 0.2) is 60.7 Å². The average Bonchev–Trinajstić information content (AvgIpc) is 2.99. The van der Waals surface area contributed by atoms with E-state index in [4.69, 9.17) is 4.74 Å². The van der Waals surface area contributed by atoms with Crippen molar-refractivity contribution < 1.29 is 9.53 Å². The fourth-order valence-corrected chi connectivity index (χ4v) is 2.43. The van der Waals surface area contributed by atoms with Gasteiger partial charge in [0.2, 0.25) is 0 Å². The molecule has 0 radical (unpaired) electrons. The molecule has 122 valence electrons. The van der Waals surface area contributed by atoms with Gasteiger partial charge in [0.25, 0.3) is 5.91 Å². The van der Waals surface area contributed by atoms with E-state index >= 15 is 0 Å². The highest BCUT2D eigenvalue weighted by Crippen LogP contribution is 2.29. The molecule has 0 saturated heterocycles. The summed E-state index contributed by atoms with van der Waals surface area (Å²) in [7, 11) is 0. The molecule has 1 N–H and O–H groups in total. The van der Waals surface area contributed by atoms with Crippen molar-refractivity contribution in [2.45, 2.75) is 20.4 Å². The molecule has 24 heavy (non-hydrogen) atoms. The molecule has 0 saturated carbocycles. The number of rotatable bonds is 5. The molecular weight excluding hydrogens is 302 g/mol. The predicted octanol–water partition coefficient (Wildman–Crippen LogP) is 4.26. The highest BCUT2D eigenvalue weighted by atomic mass is 16.5. The molecule has 0 aliphatic carbocycles. The average molecular weight is 321 g/mol. The highest BCUT2D eigenvalue weighted by molar-refractivity contribution is 6.04. The number of nitrogens with one attached hydrogen (secondary N) is 1. The third-order valence-electron chi connectivity index (χ3n) is 3.54. The van der Waals surface area contributed by atoms with Gasteiger partial charge >= 0.3 is 0 Å². The first kappa shape index (κ1) is 15.8. The highest BCUT2D eigenvalue weighted by Gasteiger charge is 2.15. The largest absolute Gasteiger partial charge is 0.455 e. The smallest absolute Gasteiger partial charge is 0.274 e. The number of amides is 1. The van der Waals surface area contributed by atoms with Gasteiger partial charge in [-0.2, -0.15) is 5.10 Å². The van der Waals surface area contributed by atoms with E-state index in [1.54, 1.807) is 10.7 Å². The molecular formula is C19H19N3O2. The van der Waals surface area contributed by atoms with Crippen LogP contribution in [0.2, 0.25) is 0 Å². The summed E-state index contributed by atoms with van der Waals surface area (Å²) in [4.78, 5) is 12.6. The first-order valence-electron chi connectivity index (χ1n) is 7.85. The Labute approximate surface area is 140 Å². The van der Waals surface area contributed by atoms with E-state index in [9.17, 15) is 4.79 Å². The second-order valence-corrected chi connectivity index (χ2v) is 5.35. The first-order chi connectivity index (χ1) is 11.7. The van der Waals surface area contributed by atoms with E-state index in [-0.39, 0.29) is 5.91 Å². The van der Waals surface area contributed by atoms with Crippen molar-refractivity contribution in [1.29, 1.82) is 0 Å². The Balaban J connectivity index is 1.84. The van der Waals surface area contributed by atoms with Crippen molar-refractivity contribution in [3.05, 3.63) is 72.1 Å². The summed E-state index contributed by atoms with van der Waals surface area (Å²) >= 11 is 0. The van der Waals surface area contributed by atoms with Crippen LogP contribution in [-0.4, -0.2) is 15.7 Å². The molecule has 1 heterocycles. The molecule has 0 bridgehead atoms. The van der Waals surface area contributed by atoms with Crippen molar-refractivity contribution in [3.8, 4) is 11.5 Å². The third-order valence-corrected chi connectivity index (χ3v) is 3.54. The number of hydrogen-bond acceptors (Lipinski definition) is 3. The Morgan fingerprint density at radius 1 is 1.12 bits per heavy atom. The van der Waals surface area contributed by atoms with Crippen LogP contribution in [0.4, 0.5) is 5.69 Å². The first-order valence-corrected chi connectivity index (χ1v) is 7.85. The number of para-hydroxylation sites is 3. The molecule has 0 spiro atoms. The number of aryl methyl sites for hydroxylation is 2. The number of anilines is 1. The van der Waals surface area contributed by atoms with Crippen LogP contribution in [0.3, 0.4) is 0 Å². The third kappa shape index (κ3) is 3.46. The predicted molar refractivity (Wildman–Crippen MR) is 93.5 cm³/mol. The second kappa shape index (κ2) is 7.00. The zero-order chi connectivity index (χ0) is 16.9. The maximum atomic E-state index is 12.6. The monoisotopic (exact) mass is 321 g/mol. The van der Waals surface area contributed by atoms with Gasteiger partial charge < -0.3 is 10.1 Å². The summed E-state index contributed by atoms with van der Waals surface area (Å²) in [6.45, 7) is 4.46. The Hall–Kier alpha value is -3.08. The van der Waals surface area contributed by atoms with Crippen LogP contribution in [0, 0.1) is 6.92 Å². The topological polar surface area (TPSA) is 56.2 Å². The lowest BCUT2D eigenvalue weighted by atomic mass is 10.2. The molecule has 3 aromatic rings. The Bertz CT molecular complexity index is 841. The minimum absolute atomic E-state index is 0.207. The van der Waals surface area contributed by atoms with E-state index in [0.29, 0.717) is 29.4 Å². The molecule has 1 aromatic heterocycles. The van der Waals surface area contributed by atoms with Gasteiger partial charge in [0.05, 0.1) is 11.4 Å². The molecule has 0 aliphatic rings. The number of aromatic nitrogens is 2. The van der Waals surface area contributed by atoms with Gasteiger partial charge in [-0.25, -0.2) is 0 Å².